The van der Waals surface area contributed by atoms with Crippen molar-refractivity contribution < 1.29 is 4.79 Å². The Morgan fingerprint density at radius 2 is 2.40 bits per heavy atom. The van der Waals surface area contributed by atoms with E-state index < -0.39 is 0 Å². The SMILES string of the molecule is Nc1cc(N2CC(CS)CC2=O)ncn1. The lowest BCUT2D eigenvalue weighted by Gasteiger charge is -2.14. The number of hydrogen-bond acceptors (Lipinski definition) is 5. The lowest BCUT2D eigenvalue weighted by atomic mass is 10.1. The van der Waals surface area contributed by atoms with E-state index in [1.807, 2.05) is 0 Å². The second-order valence-corrected chi connectivity index (χ2v) is 3.92. The number of carbonyl (C=O) groups excluding carboxylic acids is 1. The van der Waals surface area contributed by atoms with Gasteiger partial charge in [0.2, 0.25) is 5.91 Å². The van der Waals surface area contributed by atoms with E-state index in [2.05, 4.69) is 22.6 Å². The second kappa shape index (κ2) is 4.06. The monoisotopic (exact) mass is 224 g/mol. The first kappa shape index (κ1) is 10.2. The Balaban J connectivity index is 2.21. The first-order valence-electron chi connectivity index (χ1n) is 4.69. The maximum atomic E-state index is 11.6. The molecule has 1 fully saturated rings. The molecule has 0 radical (unpaired) electrons. The lowest BCUT2D eigenvalue weighted by molar-refractivity contribution is -0.117. The number of amides is 1. The Kier molecular flexibility index (Phi) is 2.77. The lowest BCUT2D eigenvalue weighted by Crippen LogP contribution is -2.25. The van der Waals surface area contributed by atoms with Gasteiger partial charge in [-0.1, -0.05) is 0 Å². The van der Waals surface area contributed by atoms with E-state index >= 15 is 0 Å². The van der Waals surface area contributed by atoms with Crippen LogP contribution in [-0.4, -0.2) is 28.2 Å². The minimum absolute atomic E-state index is 0.0761. The smallest absolute Gasteiger partial charge is 0.228 e. The van der Waals surface area contributed by atoms with Gasteiger partial charge in [0, 0.05) is 19.0 Å². The molecular weight excluding hydrogens is 212 g/mol. The van der Waals surface area contributed by atoms with Crippen molar-refractivity contribution in [3.8, 4) is 0 Å². The van der Waals surface area contributed by atoms with Crippen LogP contribution in [0.2, 0.25) is 0 Å². The molecule has 0 aromatic carbocycles. The fraction of sp³-hybridized carbons (Fsp3) is 0.444. The van der Waals surface area contributed by atoms with E-state index in [0.717, 1.165) is 0 Å². The van der Waals surface area contributed by atoms with E-state index in [9.17, 15) is 4.79 Å². The van der Waals surface area contributed by atoms with Gasteiger partial charge in [-0.2, -0.15) is 12.6 Å². The molecule has 5 nitrogen and oxygen atoms in total. The molecule has 1 aliphatic rings. The Labute approximate surface area is 93.1 Å². The fourth-order valence-electron chi connectivity index (χ4n) is 1.63. The number of hydrogen-bond donors (Lipinski definition) is 2. The highest BCUT2D eigenvalue weighted by molar-refractivity contribution is 7.80. The average molecular weight is 224 g/mol. The molecule has 1 aromatic rings. The summed E-state index contributed by atoms with van der Waals surface area (Å²) in [6, 6.07) is 1.61. The molecule has 1 amide bonds. The van der Waals surface area contributed by atoms with Gasteiger partial charge in [0.15, 0.2) is 0 Å². The van der Waals surface area contributed by atoms with Gasteiger partial charge in [0.25, 0.3) is 0 Å². The molecule has 1 aliphatic heterocycles. The quantitative estimate of drug-likeness (QED) is 0.711. The molecule has 0 spiro atoms. The van der Waals surface area contributed by atoms with Crippen molar-refractivity contribution in [2.45, 2.75) is 6.42 Å². The first-order chi connectivity index (χ1) is 7.20. The van der Waals surface area contributed by atoms with Crippen molar-refractivity contribution in [3.05, 3.63) is 12.4 Å². The van der Waals surface area contributed by atoms with Crippen molar-refractivity contribution in [3.63, 3.8) is 0 Å². The molecule has 0 saturated carbocycles. The first-order valence-corrected chi connectivity index (χ1v) is 5.32. The van der Waals surface area contributed by atoms with Crippen LogP contribution in [-0.2, 0) is 4.79 Å². The number of nitrogen functional groups attached to an aromatic ring is 1. The van der Waals surface area contributed by atoms with Crippen LogP contribution in [0.15, 0.2) is 12.4 Å². The molecular formula is C9H12N4OS. The van der Waals surface area contributed by atoms with Crippen LogP contribution in [0.25, 0.3) is 0 Å². The fourth-order valence-corrected chi connectivity index (χ4v) is 1.88. The highest BCUT2D eigenvalue weighted by Gasteiger charge is 2.30. The molecule has 0 aliphatic carbocycles. The molecule has 2 rings (SSSR count). The third kappa shape index (κ3) is 2.04. The largest absolute Gasteiger partial charge is 0.384 e. The summed E-state index contributed by atoms with van der Waals surface area (Å²) in [6.07, 6.45) is 1.90. The van der Waals surface area contributed by atoms with Crippen LogP contribution in [0.1, 0.15) is 6.42 Å². The van der Waals surface area contributed by atoms with Crippen molar-refractivity contribution in [2.24, 2.45) is 5.92 Å². The minimum atomic E-state index is 0.0761. The third-order valence-corrected chi connectivity index (χ3v) is 2.93. The number of anilines is 2. The Hall–Kier alpha value is -1.30. The number of nitrogens with two attached hydrogens (primary N) is 1. The number of aromatic nitrogens is 2. The number of thiol groups is 1. The van der Waals surface area contributed by atoms with Crippen molar-refractivity contribution >= 4 is 30.2 Å². The van der Waals surface area contributed by atoms with Crippen LogP contribution < -0.4 is 10.6 Å². The zero-order valence-electron chi connectivity index (χ0n) is 8.13. The van der Waals surface area contributed by atoms with E-state index in [4.69, 9.17) is 5.73 Å². The molecule has 1 saturated heterocycles. The topological polar surface area (TPSA) is 72.1 Å². The van der Waals surface area contributed by atoms with E-state index in [1.165, 1.54) is 6.33 Å². The van der Waals surface area contributed by atoms with E-state index in [-0.39, 0.29) is 5.91 Å². The molecule has 80 valence electrons. The summed E-state index contributed by atoms with van der Waals surface area (Å²) in [4.78, 5) is 21.1. The molecule has 1 atom stereocenters. The zero-order chi connectivity index (χ0) is 10.8. The number of carbonyl (C=O) groups is 1. The van der Waals surface area contributed by atoms with E-state index in [0.29, 0.717) is 36.3 Å². The van der Waals surface area contributed by atoms with Gasteiger partial charge in [0.1, 0.15) is 18.0 Å². The highest BCUT2D eigenvalue weighted by Crippen LogP contribution is 2.24. The van der Waals surface area contributed by atoms with Gasteiger partial charge in [-0.3, -0.25) is 9.69 Å². The summed E-state index contributed by atoms with van der Waals surface area (Å²) in [6.45, 7) is 0.665. The van der Waals surface area contributed by atoms with Crippen LogP contribution in [0.4, 0.5) is 11.6 Å². The van der Waals surface area contributed by atoms with Gasteiger partial charge >= 0.3 is 0 Å². The number of rotatable bonds is 2. The molecule has 1 aromatic heterocycles. The normalized spacial score (nSPS) is 21.0. The molecule has 0 bridgehead atoms. The van der Waals surface area contributed by atoms with Crippen LogP contribution in [0.5, 0.6) is 0 Å². The maximum Gasteiger partial charge on any atom is 0.228 e. The number of nitrogens with zero attached hydrogens (tertiary/aromatic N) is 3. The van der Waals surface area contributed by atoms with Gasteiger partial charge in [-0.15, -0.1) is 0 Å². The highest BCUT2D eigenvalue weighted by atomic mass is 32.1. The predicted octanol–water partition coefficient (Wildman–Crippen LogP) is 0.342. The summed E-state index contributed by atoms with van der Waals surface area (Å²) in [5.41, 5.74) is 5.53. The second-order valence-electron chi connectivity index (χ2n) is 3.56. The van der Waals surface area contributed by atoms with Gasteiger partial charge in [-0.05, 0) is 11.7 Å². The molecule has 2 N–H and O–H groups in total. The van der Waals surface area contributed by atoms with Gasteiger partial charge < -0.3 is 5.73 Å². The maximum absolute atomic E-state index is 11.6. The minimum Gasteiger partial charge on any atom is -0.384 e. The molecule has 1 unspecified atom stereocenters. The van der Waals surface area contributed by atoms with Gasteiger partial charge in [0.05, 0.1) is 0 Å². The zero-order valence-corrected chi connectivity index (χ0v) is 9.02. The summed E-state index contributed by atoms with van der Waals surface area (Å²) >= 11 is 4.19. The Morgan fingerprint density at radius 1 is 1.60 bits per heavy atom. The van der Waals surface area contributed by atoms with Crippen LogP contribution >= 0.6 is 12.6 Å². The van der Waals surface area contributed by atoms with Crippen molar-refractivity contribution in [1.82, 2.24) is 9.97 Å². The van der Waals surface area contributed by atoms with Crippen LogP contribution in [0, 0.1) is 5.92 Å². The van der Waals surface area contributed by atoms with Crippen molar-refractivity contribution in [1.29, 1.82) is 0 Å². The summed E-state index contributed by atoms with van der Waals surface area (Å²) in [5.74, 6) is 2.05. The third-order valence-electron chi connectivity index (χ3n) is 2.41. The standard InChI is InChI=1S/C9H12N4OS/c10-7-2-8(12-5-11-7)13-3-6(4-15)1-9(13)14/h2,5-6,15H,1,3-4H2,(H2,10,11,12). The Morgan fingerprint density at radius 3 is 3.00 bits per heavy atom. The molecule has 6 heteroatoms. The molecule has 15 heavy (non-hydrogen) atoms. The Bertz CT molecular complexity index is 384. The van der Waals surface area contributed by atoms with Crippen LogP contribution in [0.3, 0.4) is 0 Å². The molecule has 2 heterocycles. The summed E-state index contributed by atoms with van der Waals surface area (Å²) in [5, 5.41) is 0. The van der Waals surface area contributed by atoms with Gasteiger partial charge in [-0.25, -0.2) is 9.97 Å². The van der Waals surface area contributed by atoms with E-state index in [1.54, 1.807) is 11.0 Å². The summed E-state index contributed by atoms with van der Waals surface area (Å²) in [7, 11) is 0. The predicted molar refractivity (Wildman–Crippen MR) is 60.8 cm³/mol. The van der Waals surface area contributed by atoms with Crippen molar-refractivity contribution in [2.75, 3.05) is 22.9 Å². The summed E-state index contributed by atoms with van der Waals surface area (Å²) < 4.78 is 0. The average Bonchev–Trinajstić information content (AvgIpc) is 2.60.